The molecule has 134 valence electrons. The highest BCUT2D eigenvalue weighted by atomic mass is 16.5. The van der Waals surface area contributed by atoms with Gasteiger partial charge < -0.3 is 14.2 Å². The van der Waals surface area contributed by atoms with Gasteiger partial charge in [0.05, 0.1) is 18.9 Å². The molecular weight excluding hydrogens is 330 g/mol. The molecule has 0 aliphatic heterocycles. The number of ether oxygens (including phenoxy) is 3. The molecule has 9 heteroatoms. The van der Waals surface area contributed by atoms with E-state index < -0.39 is 22.9 Å². The van der Waals surface area contributed by atoms with Crippen molar-refractivity contribution in [3.8, 4) is 11.4 Å². The van der Waals surface area contributed by atoms with Gasteiger partial charge in [0.1, 0.15) is 12.4 Å². The molecule has 0 spiro atoms. The lowest BCUT2D eigenvalue weighted by Crippen LogP contribution is -2.43. The number of methoxy groups -OCH3 is 1. The van der Waals surface area contributed by atoms with Gasteiger partial charge >= 0.3 is 11.7 Å². The third kappa shape index (κ3) is 4.13. The highest BCUT2D eigenvalue weighted by molar-refractivity contribution is 5.86. The molecule has 0 amide bonds. The lowest BCUT2D eigenvalue weighted by atomic mass is 10.3. The average Bonchev–Trinajstić information content (AvgIpc) is 2.60. The fourth-order valence-corrected chi connectivity index (χ4v) is 2.06. The fourth-order valence-electron chi connectivity index (χ4n) is 2.06. The van der Waals surface area contributed by atoms with Crippen molar-refractivity contribution in [1.82, 2.24) is 14.3 Å². The number of benzene rings is 1. The van der Waals surface area contributed by atoms with E-state index in [-0.39, 0.29) is 12.3 Å². The van der Waals surface area contributed by atoms with Crippen LogP contribution in [-0.4, -0.2) is 47.2 Å². The minimum absolute atomic E-state index is 0.0936. The number of hydrogen-bond acceptors (Lipinski definition) is 7. The number of esters is 1. The van der Waals surface area contributed by atoms with Crippen LogP contribution in [0.3, 0.4) is 0 Å². The summed E-state index contributed by atoms with van der Waals surface area (Å²) in [5.41, 5.74) is -1.68. The lowest BCUT2D eigenvalue weighted by molar-refractivity contribution is 0.0513. The quantitative estimate of drug-likeness (QED) is 0.517. The van der Waals surface area contributed by atoms with Crippen LogP contribution in [0.1, 0.15) is 17.4 Å². The molecule has 2 aromatic rings. The fraction of sp³-hybridized carbons (Fsp3) is 0.375. The normalized spacial score (nSPS) is 10.5. The minimum atomic E-state index is -0.878. The number of carbonyl (C=O) groups excluding carboxylic acids is 1. The maximum absolute atomic E-state index is 12.5. The van der Waals surface area contributed by atoms with Crippen molar-refractivity contribution in [2.24, 2.45) is 7.05 Å². The summed E-state index contributed by atoms with van der Waals surface area (Å²) < 4.78 is 16.9. The number of aryl methyl sites for hydroxylation is 1. The first-order valence-corrected chi connectivity index (χ1v) is 7.59. The molecule has 1 aromatic heterocycles. The molecule has 0 unspecified atom stereocenters. The Kier molecular flexibility index (Phi) is 6.07. The Morgan fingerprint density at radius 2 is 1.84 bits per heavy atom. The second kappa shape index (κ2) is 8.25. The van der Waals surface area contributed by atoms with Gasteiger partial charge in [-0.05, 0) is 31.2 Å². The zero-order valence-electron chi connectivity index (χ0n) is 14.2. The van der Waals surface area contributed by atoms with Gasteiger partial charge in [-0.1, -0.05) is 0 Å². The minimum Gasteiger partial charge on any atom is -0.491 e. The first-order chi connectivity index (χ1) is 12.0. The van der Waals surface area contributed by atoms with Gasteiger partial charge in [0.25, 0.3) is 5.56 Å². The summed E-state index contributed by atoms with van der Waals surface area (Å²) in [5.74, 6) is -0.318. The van der Waals surface area contributed by atoms with Crippen LogP contribution in [-0.2, 0) is 16.5 Å². The van der Waals surface area contributed by atoms with Crippen molar-refractivity contribution in [3.05, 3.63) is 50.8 Å². The second-order valence-electron chi connectivity index (χ2n) is 4.95. The summed E-state index contributed by atoms with van der Waals surface area (Å²) in [4.78, 5) is 36.6. The molecule has 25 heavy (non-hydrogen) atoms. The van der Waals surface area contributed by atoms with Crippen LogP contribution < -0.4 is 16.0 Å². The predicted molar refractivity (Wildman–Crippen MR) is 88.4 cm³/mol. The third-order valence-electron chi connectivity index (χ3n) is 3.24. The van der Waals surface area contributed by atoms with Crippen LogP contribution in [0, 0.1) is 0 Å². The molecule has 9 nitrogen and oxygen atoms in total. The largest absolute Gasteiger partial charge is 0.491 e. The van der Waals surface area contributed by atoms with Gasteiger partial charge in [0, 0.05) is 14.2 Å². The van der Waals surface area contributed by atoms with Crippen molar-refractivity contribution in [1.29, 1.82) is 0 Å². The van der Waals surface area contributed by atoms with E-state index in [1.54, 1.807) is 38.3 Å². The van der Waals surface area contributed by atoms with Crippen molar-refractivity contribution in [2.75, 3.05) is 26.9 Å². The van der Waals surface area contributed by atoms with Crippen LogP contribution in [0.25, 0.3) is 5.69 Å². The average molecular weight is 349 g/mol. The molecule has 1 aromatic carbocycles. The first-order valence-electron chi connectivity index (χ1n) is 7.59. The Morgan fingerprint density at radius 1 is 1.16 bits per heavy atom. The number of rotatable bonds is 7. The standard InChI is InChI=1S/C16H19N3O6/c1-4-24-15(21)13-14(20)19(16(22)18(2)17-13)11-5-7-12(8-6-11)25-10-9-23-3/h5-8H,4,9-10H2,1-3H3. The molecular formula is C16H19N3O6. The van der Waals surface area contributed by atoms with E-state index in [0.29, 0.717) is 19.0 Å². The SMILES string of the molecule is CCOC(=O)c1nn(C)c(=O)n(-c2ccc(OCCOC)cc2)c1=O. The van der Waals surface area contributed by atoms with Crippen LogP contribution in [0.5, 0.6) is 5.75 Å². The molecule has 0 fully saturated rings. The lowest BCUT2D eigenvalue weighted by Gasteiger charge is -2.10. The highest BCUT2D eigenvalue weighted by Crippen LogP contribution is 2.13. The van der Waals surface area contributed by atoms with E-state index in [9.17, 15) is 14.4 Å². The smallest absolute Gasteiger partial charge is 0.364 e. The van der Waals surface area contributed by atoms with Gasteiger partial charge in [0.2, 0.25) is 5.69 Å². The summed E-state index contributed by atoms with van der Waals surface area (Å²) >= 11 is 0. The molecule has 0 saturated heterocycles. The topological polar surface area (TPSA) is 102 Å². The van der Waals surface area contributed by atoms with E-state index in [0.717, 1.165) is 9.25 Å². The summed E-state index contributed by atoms with van der Waals surface area (Å²) in [5, 5.41) is 3.70. The van der Waals surface area contributed by atoms with E-state index >= 15 is 0 Å². The van der Waals surface area contributed by atoms with Gasteiger partial charge in [-0.15, -0.1) is 0 Å². The maximum Gasteiger partial charge on any atom is 0.364 e. The monoisotopic (exact) mass is 349 g/mol. The number of nitrogens with zero attached hydrogens (tertiary/aromatic N) is 3. The van der Waals surface area contributed by atoms with Crippen LogP contribution in [0.15, 0.2) is 33.9 Å². The molecule has 0 N–H and O–H groups in total. The van der Waals surface area contributed by atoms with E-state index in [1.165, 1.54) is 7.05 Å². The van der Waals surface area contributed by atoms with Gasteiger partial charge in [-0.2, -0.15) is 5.10 Å². The first kappa shape index (κ1) is 18.4. The Labute approximate surface area is 143 Å². The van der Waals surface area contributed by atoms with Gasteiger partial charge in [0.15, 0.2) is 0 Å². The zero-order valence-corrected chi connectivity index (χ0v) is 14.2. The van der Waals surface area contributed by atoms with E-state index in [4.69, 9.17) is 14.2 Å². The summed E-state index contributed by atoms with van der Waals surface area (Å²) in [6.45, 7) is 2.52. The molecule has 0 atom stereocenters. The Balaban J connectivity index is 2.43. The van der Waals surface area contributed by atoms with E-state index in [1.807, 2.05) is 0 Å². The molecule has 0 saturated carbocycles. The number of carbonyl (C=O) groups is 1. The predicted octanol–water partition coefficient (Wildman–Crippen LogP) is 0.133. The second-order valence-corrected chi connectivity index (χ2v) is 4.95. The molecule has 1 heterocycles. The zero-order chi connectivity index (χ0) is 18.4. The maximum atomic E-state index is 12.5. The molecule has 0 radical (unpaired) electrons. The molecule has 2 rings (SSSR count). The highest BCUT2D eigenvalue weighted by Gasteiger charge is 2.20. The Morgan fingerprint density at radius 3 is 2.44 bits per heavy atom. The van der Waals surface area contributed by atoms with Gasteiger partial charge in [-0.25, -0.2) is 18.8 Å². The third-order valence-corrected chi connectivity index (χ3v) is 3.24. The van der Waals surface area contributed by atoms with Crippen molar-refractivity contribution < 1.29 is 19.0 Å². The number of hydrogen-bond donors (Lipinski definition) is 0. The summed E-state index contributed by atoms with van der Waals surface area (Å²) in [6, 6.07) is 6.31. The van der Waals surface area contributed by atoms with Crippen molar-refractivity contribution in [3.63, 3.8) is 0 Å². The Bertz CT molecular complexity index is 854. The van der Waals surface area contributed by atoms with Crippen LogP contribution >= 0.6 is 0 Å². The molecule has 0 aliphatic rings. The van der Waals surface area contributed by atoms with E-state index in [2.05, 4.69) is 5.10 Å². The molecule has 0 bridgehead atoms. The van der Waals surface area contributed by atoms with Gasteiger partial charge in [-0.3, -0.25) is 4.79 Å². The number of aromatic nitrogens is 3. The Hall–Kier alpha value is -2.94. The van der Waals surface area contributed by atoms with Crippen molar-refractivity contribution >= 4 is 5.97 Å². The van der Waals surface area contributed by atoms with Crippen molar-refractivity contribution in [2.45, 2.75) is 6.92 Å². The summed E-state index contributed by atoms with van der Waals surface area (Å²) in [6.07, 6.45) is 0. The molecule has 0 aliphatic carbocycles. The van der Waals surface area contributed by atoms with Crippen LogP contribution in [0.2, 0.25) is 0 Å². The summed E-state index contributed by atoms with van der Waals surface area (Å²) in [7, 11) is 2.92. The van der Waals surface area contributed by atoms with Crippen LogP contribution in [0.4, 0.5) is 0 Å².